The minimum absolute atomic E-state index is 0.164. The summed E-state index contributed by atoms with van der Waals surface area (Å²) >= 11 is 0. The van der Waals surface area contributed by atoms with Crippen LogP contribution in [0.4, 0.5) is 4.79 Å². The number of carbonyl (C=O) groups is 1. The van der Waals surface area contributed by atoms with E-state index in [1.807, 2.05) is 20.8 Å². The Balaban J connectivity index is 2.42. The summed E-state index contributed by atoms with van der Waals surface area (Å²) in [5, 5.41) is 0. The lowest BCUT2D eigenvalue weighted by Gasteiger charge is -2.29. The molecule has 1 saturated heterocycles. The van der Waals surface area contributed by atoms with Crippen molar-refractivity contribution in [2.75, 3.05) is 19.7 Å². The van der Waals surface area contributed by atoms with Crippen LogP contribution < -0.4 is 0 Å². The predicted octanol–water partition coefficient (Wildman–Crippen LogP) is 4.37. The summed E-state index contributed by atoms with van der Waals surface area (Å²) in [6.45, 7) is 12.3. The minimum atomic E-state index is -0.435. The normalized spacial score (nSPS) is 22.6. The predicted molar refractivity (Wildman–Crippen MR) is 85.5 cm³/mol. The van der Waals surface area contributed by atoms with Crippen LogP contribution in [0.3, 0.4) is 0 Å². The summed E-state index contributed by atoms with van der Waals surface area (Å²) < 4.78 is 11.6. The van der Waals surface area contributed by atoms with Crippen LogP contribution in [0.1, 0.15) is 73.1 Å². The van der Waals surface area contributed by atoms with Crippen LogP contribution >= 0.6 is 0 Å². The monoisotopic (exact) mass is 299 g/mol. The van der Waals surface area contributed by atoms with Gasteiger partial charge >= 0.3 is 6.09 Å². The molecule has 1 aliphatic rings. The van der Waals surface area contributed by atoms with Crippen molar-refractivity contribution in [2.24, 2.45) is 0 Å². The Bertz CT molecular complexity index is 324. The summed E-state index contributed by atoms with van der Waals surface area (Å²) in [5.74, 6) is 0. The number of carbonyl (C=O) groups excluding carboxylic acids is 1. The van der Waals surface area contributed by atoms with Crippen LogP contribution in [0.15, 0.2) is 0 Å². The molecule has 1 rings (SSSR count). The van der Waals surface area contributed by atoms with Crippen LogP contribution in [0.5, 0.6) is 0 Å². The van der Waals surface area contributed by atoms with Crippen molar-refractivity contribution >= 4 is 6.09 Å². The van der Waals surface area contributed by atoms with Crippen molar-refractivity contribution < 1.29 is 14.3 Å². The molecule has 0 aromatic carbocycles. The standard InChI is InChI=1S/C17H33NO3/c1-6-8-9-10-13-20-17(7-2)11-12-18(14-17)15(19)21-16(3,4)5/h6-14H2,1-5H3. The third-order valence-corrected chi connectivity index (χ3v) is 4.02. The molecule has 1 atom stereocenters. The van der Waals surface area contributed by atoms with E-state index in [1.54, 1.807) is 4.90 Å². The van der Waals surface area contributed by atoms with Gasteiger partial charge in [0.05, 0.1) is 12.1 Å². The fraction of sp³-hybridized carbons (Fsp3) is 0.941. The molecular weight excluding hydrogens is 266 g/mol. The highest BCUT2D eigenvalue weighted by molar-refractivity contribution is 5.68. The molecule has 0 aromatic heterocycles. The van der Waals surface area contributed by atoms with Crippen LogP contribution in [-0.2, 0) is 9.47 Å². The summed E-state index contributed by atoms with van der Waals surface area (Å²) in [6.07, 6.45) is 6.50. The maximum absolute atomic E-state index is 12.1. The van der Waals surface area contributed by atoms with Crippen molar-refractivity contribution in [2.45, 2.75) is 84.3 Å². The number of ether oxygens (including phenoxy) is 2. The molecule has 0 radical (unpaired) electrons. The highest BCUT2D eigenvalue weighted by Gasteiger charge is 2.40. The molecule has 124 valence electrons. The molecule has 1 heterocycles. The van der Waals surface area contributed by atoms with E-state index in [2.05, 4.69) is 13.8 Å². The van der Waals surface area contributed by atoms with E-state index in [9.17, 15) is 4.79 Å². The van der Waals surface area contributed by atoms with Crippen molar-refractivity contribution in [3.05, 3.63) is 0 Å². The highest BCUT2D eigenvalue weighted by Crippen LogP contribution is 2.30. The molecule has 0 aromatic rings. The Hall–Kier alpha value is -0.770. The number of rotatable bonds is 7. The van der Waals surface area contributed by atoms with Gasteiger partial charge in [-0.1, -0.05) is 33.1 Å². The molecule has 1 amide bonds. The van der Waals surface area contributed by atoms with Crippen molar-refractivity contribution in [3.63, 3.8) is 0 Å². The third kappa shape index (κ3) is 6.25. The molecule has 0 N–H and O–H groups in total. The zero-order valence-electron chi connectivity index (χ0n) is 14.5. The van der Waals surface area contributed by atoms with Gasteiger partial charge in [0, 0.05) is 13.2 Å². The Morgan fingerprint density at radius 3 is 2.48 bits per heavy atom. The van der Waals surface area contributed by atoms with Gasteiger partial charge in [-0.25, -0.2) is 4.79 Å². The van der Waals surface area contributed by atoms with E-state index in [1.165, 1.54) is 19.3 Å². The molecule has 1 unspecified atom stereocenters. The van der Waals surface area contributed by atoms with E-state index >= 15 is 0 Å². The maximum atomic E-state index is 12.1. The lowest BCUT2D eigenvalue weighted by molar-refractivity contribution is -0.0438. The van der Waals surface area contributed by atoms with Crippen LogP contribution in [0.2, 0.25) is 0 Å². The van der Waals surface area contributed by atoms with Gasteiger partial charge in [0.2, 0.25) is 0 Å². The van der Waals surface area contributed by atoms with Gasteiger partial charge in [-0.2, -0.15) is 0 Å². The number of hydrogen-bond acceptors (Lipinski definition) is 3. The van der Waals surface area contributed by atoms with Gasteiger partial charge < -0.3 is 14.4 Å². The molecule has 0 bridgehead atoms. The van der Waals surface area contributed by atoms with Crippen LogP contribution in [-0.4, -0.2) is 41.9 Å². The maximum Gasteiger partial charge on any atom is 0.410 e. The zero-order valence-corrected chi connectivity index (χ0v) is 14.5. The van der Waals surface area contributed by atoms with Crippen molar-refractivity contribution in [3.8, 4) is 0 Å². The topological polar surface area (TPSA) is 38.8 Å². The first kappa shape index (κ1) is 18.3. The van der Waals surface area contributed by atoms with E-state index in [-0.39, 0.29) is 11.7 Å². The van der Waals surface area contributed by atoms with Gasteiger partial charge in [-0.15, -0.1) is 0 Å². The largest absolute Gasteiger partial charge is 0.444 e. The van der Waals surface area contributed by atoms with E-state index in [4.69, 9.17) is 9.47 Å². The number of hydrogen-bond donors (Lipinski definition) is 0. The van der Waals surface area contributed by atoms with Crippen molar-refractivity contribution in [1.82, 2.24) is 4.90 Å². The van der Waals surface area contributed by atoms with Crippen LogP contribution in [0.25, 0.3) is 0 Å². The smallest absolute Gasteiger partial charge is 0.410 e. The van der Waals surface area contributed by atoms with Gasteiger partial charge in [0.25, 0.3) is 0 Å². The number of nitrogens with zero attached hydrogens (tertiary/aromatic N) is 1. The van der Waals surface area contributed by atoms with Gasteiger partial charge in [-0.3, -0.25) is 0 Å². The Kier molecular flexibility index (Phi) is 6.98. The quantitative estimate of drug-likeness (QED) is 0.655. The number of likely N-dealkylation sites (tertiary alicyclic amines) is 1. The minimum Gasteiger partial charge on any atom is -0.444 e. The second kappa shape index (κ2) is 8.02. The van der Waals surface area contributed by atoms with Crippen molar-refractivity contribution in [1.29, 1.82) is 0 Å². The van der Waals surface area contributed by atoms with E-state index in [0.29, 0.717) is 6.54 Å². The first-order valence-corrected chi connectivity index (χ1v) is 8.44. The molecule has 0 spiro atoms. The Labute approximate surface area is 130 Å². The van der Waals surface area contributed by atoms with E-state index < -0.39 is 5.60 Å². The third-order valence-electron chi connectivity index (χ3n) is 4.02. The molecule has 1 fully saturated rings. The number of amides is 1. The average molecular weight is 299 g/mol. The first-order valence-electron chi connectivity index (χ1n) is 8.44. The summed E-state index contributed by atoms with van der Waals surface area (Å²) in [4.78, 5) is 13.9. The molecule has 1 aliphatic heterocycles. The van der Waals surface area contributed by atoms with Gasteiger partial charge in [0.15, 0.2) is 0 Å². The fourth-order valence-electron chi connectivity index (χ4n) is 2.65. The van der Waals surface area contributed by atoms with Gasteiger partial charge in [-0.05, 0) is 40.0 Å². The lowest BCUT2D eigenvalue weighted by Crippen LogP contribution is -2.40. The Morgan fingerprint density at radius 2 is 1.90 bits per heavy atom. The molecule has 0 saturated carbocycles. The summed E-state index contributed by atoms with van der Waals surface area (Å²) in [7, 11) is 0. The molecule has 0 aliphatic carbocycles. The first-order chi connectivity index (χ1) is 9.82. The zero-order chi connectivity index (χ0) is 15.9. The number of unbranched alkanes of at least 4 members (excludes halogenated alkanes) is 3. The van der Waals surface area contributed by atoms with Gasteiger partial charge in [0.1, 0.15) is 5.60 Å². The lowest BCUT2D eigenvalue weighted by atomic mass is 10.00. The second-order valence-electron chi connectivity index (χ2n) is 7.10. The van der Waals surface area contributed by atoms with Crippen LogP contribution in [0, 0.1) is 0 Å². The average Bonchev–Trinajstić information content (AvgIpc) is 2.82. The molecule has 21 heavy (non-hydrogen) atoms. The van der Waals surface area contributed by atoms with E-state index in [0.717, 1.165) is 32.4 Å². The fourth-order valence-corrected chi connectivity index (χ4v) is 2.65. The molecule has 4 nitrogen and oxygen atoms in total. The summed E-state index contributed by atoms with van der Waals surface area (Å²) in [6, 6.07) is 0. The second-order valence-corrected chi connectivity index (χ2v) is 7.10. The molecule has 4 heteroatoms. The molecular formula is C17H33NO3. The summed E-state index contributed by atoms with van der Waals surface area (Å²) in [5.41, 5.74) is -0.599. The SMILES string of the molecule is CCCCCCOC1(CC)CCN(C(=O)OC(C)(C)C)C1. The Morgan fingerprint density at radius 1 is 1.19 bits per heavy atom. The highest BCUT2D eigenvalue weighted by atomic mass is 16.6.